The first-order valence-corrected chi connectivity index (χ1v) is 10.7. The number of carbonyl (C=O) groups is 1. The maximum Gasteiger partial charge on any atom is 0.253 e. The van der Waals surface area contributed by atoms with Crippen LogP contribution >= 0.6 is 22.6 Å². The first-order chi connectivity index (χ1) is 13.4. The van der Waals surface area contributed by atoms with Gasteiger partial charge in [-0.05, 0) is 48.7 Å². The highest BCUT2D eigenvalue weighted by molar-refractivity contribution is 14.1. The van der Waals surface area contributed by atoms with Gasteiger partial charge in [-0.15, -0.1) is 0 Å². The highest BCUT2D eigenvalue weighted by Gasteiger charge is 2.31. The minimum Gasteiger partial charge on any atom is -0.345 e. The van der Waals surface area contributed by atoms with Crippen LogP contribution < -0.4 is 0 Å². The lowest BCUT2D eigenvalue weighted by Gasteiger charge is -2.36. The zero-order valence-electron chi connectivity index (χ0n) is 16.5. The maximum atomic E-state index is 12.5. The second-order valence-corrected chi connectivity index (χ2v) is 9.99. The van der Waals surface area contributed by atoms with E-state index in [0.717, 1.165) is 49.2 Å². The summed E-state index contributed by atoms with van der Waals surface area (Å²) in [5.41, 5.74) is 4.04. The average Bonchev–Trinajstić information content (AvgIpc) is 2.70. The summed E-state index contributed by atoms with van der Waals surface area (Å²) in [6.45, 7) is 3.00. The van der Waals surface area contributed by atoms with Crippen LogP contribution in [0.25, 0.3) is 11.1 Å². The summed E-state index contributed by atoms with van der Waals surface area (Å²) < 4.78 is 0.148. The molecule has 1 saturated heterocycles. The van der Waals surface area contributed by atoms with E-state index in [1.165, 1.54) is 5.56 Å². The number of nitriles is 1. The molecule has 28 heavy (non-hydrogen) atoms. The van der Waals surface area contributed by atoms with Gasteiger partial charge in [-0.3, -0.25) is 9.69 Å². The highest BCUT2D eigenvalue weighted by Crippen LogP contribution is 2.35. The van der Waals surface area contributed by atoms with Crippen LogP contribution in [0.3, 0.4) is 0 Å². The quantitative estimate of drug-likeness (QED) is 0.452. The first kappa shape index (κ1) is 20.8. The Kier molecular flexibility index (Phi) is 6.73. The van der Waals surface area contributed by atoms with E-state index in [2.05, 4.69) is 57.8 Å². The molecule has 1 amide bonds. The topological polar surface area (TPSA) is 47.3 Å². The van der Waals surface area contributed by atoms with Gasteiger partial charge in [0, 0.05) is 36.0 Å². The molecule has 0 saturated carbocycles. The molecule has 5 heteroatoms. The third-order valence-corrected chi connectivity index (χ3v) is 6.84. The molecule has 1 aliphatic heterocycles. The minimum atomic E-state index is 0.0210. The number of alkyl halides is 1. The Bertz CT molecular complexity index is 862. The fourth-order valence-electron chi connectivity index (χ4n) is 3.64. The van der Waals surface area contributed by atoms with Crippen LogP contribution in [0.2, 0.25) is 0 Å². The molecule has 0 bridgehead atoms. The number of piperidine rings is 1. The second kappa shape index (κ2) is 9.06. The Morgan fingerprint density at radius 1 is 1.14 bits per heavy atom. The smallest absolute Gasteiger partial charge is 0.253 e. The molecule has 0 radical (unpaired) electrons. The molecular formula is C23H26IN3O. The van der Waals surface area contributed by atoms with Crippen LogP contribution in [0.4, 0.5) is 0 Å². The molecule has 2 aromatic carbocycles. The van der Waals surface area contributed by atoms with E-state index < -0.39 is 0 Å². The van der Waals surface area contributed by atoms with Crippen molar-refractivity contribution in [2.75, 3.05) is 27.2 Å². The van der Waals surface area contributed by atoms with E-state index in [1.807, 2.05) is 24.3 Å². The van der Waals surface area contributed by atoms with Crippen LogP contribution in [0.1, 0.15) is 35.2 Å². The van der Waals surface area contributed by atoms with Gasteiger partial charge in [0.2, 0.25) is 0 Å². The Balaban J connectivity index is 1.69. The highest BCUT2D eigenvalue weighted by atomic mass is 127. The van der Waals surface area contributed by atoms with Crippen molar-refractivity contribution < 1.29 is 4.79 Å². The van der Waals surface area contributed by atoms with Crippen molar-refractivity contribution >= 4 is 28.5 Å². The third kappa shape index (κ3) is 4.92. The molecule has 0 aromatic heterocycles. The lowest BCUT2D eigenvalue weighted by atomic mass is 9.93. The third-order valence-electron chi connectivity index (χ3n) is 5.38. The van der Waals surface area contributed by atoms with Gasteiger partial charge in [0.25, 0.3) is 5.91 Å². The first-order valence-electron chi connectivity index (χ1n) is 9.60. The number of amides is 1. The fraction of sp³-hybridized carbons (Fsp3) is 0.391. The summed E-state index contributed by atoms with van der Waals surface area (Å²) >= 11 is 2.47. The summed E-state index contributed by atoms with van der Waals surface area (Å²) in [4.78, 5) is 16.5. The van der Waals surface area contributed by atoms with E-state index >= 15 is 0 Å². The second-order valence-electron chi connectivity index (χ2n) is 7.70. The lowest BCUT2D eigenvalue weighted by molar-refractivity contribution is 0.0828. The molecule has 1 heterocycles. The van der Waals surface area contributed by atoms with E-state index in [-0.39, 0.29) is 9.33 Å². The van der Waals surface area contributed by atoms with Crippen molar-refractivity contribution in [1.82, 2.24) is 9.80 Å². The van der Waals surface area contributed by atoms with Crippen LogP contribution in [-0.4, -0.2) is 46.3 Å². The number of halogens is 1. The number of carbonyl (C=O) groups excluding carboxylic acids is 1. The van der Waals surface area contributed by atoms with Gasteiger partial charge in [0.1, 0.15) is 0 Å². The fourth-order valence-corrected chi connectivity index (χ4v) is 4.29. The van der Waals surface area contributed by atoms with Crippen molar-refractivity contribution in [3.8, 4) is 17.2 Å². The summed E-state index contributed by atoms with van der Waals surface area (Å²) in [7, 11) is 3.56. The van der Waals surface area contributed by atoms with Gasteiger partial charge < -0.3 is 4.90 Å². The van der Waals surface area contributed by atoms with Crippen LogP contribution in [-0.2, 0) is 6.54 Å². The number of nitrogens with zero attached hydrogens (tertiary/aromatic N) is 3. The van der Waals surface area contributed by atoms with Crippen molar-refractivity contribution in [2.45, 2.75) is 29.2 Å². The standard InChI is InChI=1S/C23H26IN3O/c1-26(2)22(28)21-6-4-3-5-20(21)19-9-7-18(8-10-19)17-27-15-12-23(24,11-14-25)13-16-27/h3-10H,11-13,15-17H2,1-2H3. The van der Waals surface area contributed by atoms with Gasteiger partial charge in [-0.1, -0.05) is 65.1 Å². The Hall–Kier alpha value is -1.91. The van der Waals surface area contributed by atoms with Crippen molar-refractivity contribution in [3.05, 3.63) is 59.7 Å². The Morgan fingerprint density at radius 3 is 2.39 bits per heavy atom. The van der Waals surface area contributed by atoms with Crippen LogP contribution in [0.5, 0.6) is 0 Å². The Morgan fingerprint density at radius 2 is 1.79 bits per heavy atom. The maximum absolute atomic E-state index is 12.5. The number of rotatable bonds is 5. The molecule has 0 spiro atoms. The monoisotopic (exact) mass is 487 g/mol. The van der Waals surface area contributed by atoms with Gasteiger partial charge in [0.05, 0.1) is 6.07 Å². The van der Waals surface area contributed by atoms with Crippen molar-refractivity contribution in [3.63, 3.8) is 0 Å². The number of hydrogen-bond acceptors (Lipinski definition) is 3. The lowest BCUT2D eigenvalue weighted by Crippen LogP contribution is -2.40. The molecule has 3 rings (SSSR count). The molecule has 0 unspecified atom stereocenters. The minimum absolute atomic E-state index is 0.0210. The molecule has 1 fully saturated rings. The van der Waals surface area contributed by atoms with Crippen LogP contribution in [0, 0.1) is 11.3 Å². The summed E-state index contributed by atoms with van der Waals surface area (Å²) in [6, 6.07) is 18.6. The molecular weight excluding hydrogens is 461 g/mol. The van der Waals surface area contributed by atoms with Crippen molar-refractivity contribution in [2.24, 2.45) is 0 Å². The molecule has 2 aromatic rings. The summed E-state index contributed by atoms with van der Waals surface area (Å²) in [6.07, 6.45) is 2.78. The van der Waals surface area contributed by atoms with Gasteiger partial charge >= 0.3 is 0 Å². The van der Waals surface area contributed by atoms with E-state index in [1.54, 1.807) is 19.0 Å². The van der Waals surface area contributed by atoms with E-state index in [0.29, 0.717) is 6.42 Å². The predicted octanol–water partition coefficient (Wildman–Crippen LogP) is 4.74. The molecule has 146 valence electrons. The molecule has 0 aliphatic carbocycles. The summed E-state index contributed by atoms with van der Waals surface area (Å²) in [5.74, 6) is 0.0210. The molecule has 1 aliphatic rings. The Labute approximate surface area is 181 Å². The molecule has 0 atom stereocenters. The van der Waals surface area contributed by atoms with E-state index in [9.17, 15) is 4.79 Å². The van der Waals surface area contributed by atoms with Gasteiger partial charge in [-0.2, -0.15) is 5.26 Å². The number of hydrogen-bond donors (Lipinski definition) is 0. The van der Waals surface area contributed by atoms with E-state index in [4.69, 9.17) is 5.26 Å². The normalized spacial score (nSPS) is 16.4. The SMILES string of the molecule is CN(C)C(=O)c1ccccc1-c1ccc(CN2CCC(I)(CC#N)CC2)cc1. The summed E-state index contributed by atoms with van der Waals surface area (Å²) in [5, 5.41) is 9.00. The zero-order chi connectivity index (χ0) is 20.1. The average molecular weight is 487 g/mol. The van der Waals surface area contributed by atoms with Gasteiger partial charge in [0.15, 0.2) is 0 Å². The number of benzene rings is 2. The zero-order valence-corrected chi connectivity index (χ0v) is 18.6. The predicted molar refractivity (Wildman–Crippen MR) is 121 cm³/mol. The van der Waals surface area contributed by atoms with Crippen molar-refractivity contribution in [1.29, 1.82) is 5.26 Å². The molecule has 0 N–H and O–H groups in total. The van der Waals surface area contributed by atoms with Crippen LogP contribution in [0.15, 0.2) is 48.5 Å². The number of likely N-dealkylation sites (tertiary alicyclic amines) is 1. The molecule has 4 nitrogen and oxygen atoms in total. The largest absolute Gasteiger partial charge is 0.345 e. The van der Waals surface area contributed by atoms with Gasteiger partial charge in [-0.25, -0.2) is 0 Å².